The molecule has 0 unspecified atom stereocenters. The molecule has 0 N–H and O–H groups in total. The number of nitrogens with zero attached hydrogens (tertiary/aromatic N) is 2. The van der Waals surface area contributed by atoms with Crippen LogP contribution in [0.25, 0.3) is 81.8 Å². The molecule has 0 saturated heterocycles. The summed E-state index contributed by atoms with van der Waals surface area (Å²) in [4.78, 5) is 5.32. The number of pyridine rings is 1. The van der Waals surface area contributed by atoms with Crippen molar-refractivity contribution in [3.63, 3.8) is 0 Å². The lowest BCUT2D eigenvalue weighted by Crippen LogP contribution is -2.25. The van der Waals surface area contributed by atoms with Gasteiger partial charge >= 0.3 is 0 Å². The van der Waals surface area contributed by atoms with Gasteiger partial charge in [-0.3, -0.25) is 4.40 Å². The highest BCUT2D eigenvalue weighted by atomic mass is 31.2. The van der Waals surface area contributed by atoms with Crippen LogP contribution in [-0.4, -0.2) is 9.38 Å². The number of imidazole rings is 1. The molecule has 53 heavy (non-hydrogen) atoms. The van der Waals surface area contributed by atoms with E-state index in [0.717, 1.165) is 70.6 Å². The van der Waals surface area contributed by atoms with Gasteiger partial charge in [-0.2, -0.15) is 0 Å². The van der Waals surface area contributed by atoms with Crippen LogP contribution in [0.1, 0.15) is 0 Å². The summed E-state index contributed by atoms with van der Waals surface area (Å²) in [6.45, 7) is 0. The Balaban J connectivity index is 1.26. The predicted octanol–water partition coefficient (Wildman–Crippen LogP) is 11.6. The Morgan fingerprint density at radius 2 is 1.06 bits per heavy atom. The first-order valence-electron chi connectivity index (χ1n) is 18.0. The van der Waals surface area contributed by atoms with Crippen molar-refractivity contribution in [1.82, 2.24) is 9.38 Å². The van der Waals surface area contributed by atoms with Crippen molar-refractivity contribution in [1.29, 1.82) is 0 Å². The summed E-state index contributed by atoms with van der Waals surface area (Å²) >= 11 is 0. The molecule has 248 valence electrons. The zero-order valence-electron chi connectivity index (χ0n) is 28.6. The molecule has 3 nitrogen and oxygen atoms in total. The van der Waals surface area contributed by atoms with Crippen LogP contribution >= 0.6 is 7.14 Å². The largest absolute Gasteiger partial charge is 0.309 e. The monoisotopic (exact) mass is 694 g/mol. The fourth-order valence-electron chi connectivity index (χ4n) is 8.55. The van der Waals surface area contributed by atoms with Crippen molar-refractivity contribution in [2.45, 2.75) is 0 Å². The molecule has 0 fully saturated rings. The topological polar surface area (TPSA) is 34.4 Å². The van der Waals surface area contributed by atoms with Gasteiger partial charge in [0.05, 0.1) is 16.6 Å². The van der Waals surface area contributed by atoms with E-state index in [9.17, 15) is 0 Å². The number of hydrogen-bond acceptors (Lipinski definition) is 2. The molecule has 0 aliphatic heterocycles. The minimum absolute atomic E-state index is 0.809. The molecule has 11 aromatic rings. The zero-order valence-corrected chi connectivity index (χ0v) is 29.5. The molecule has 0 bridgehead atoms. The van der Waals surface area contributed by atoms with Crippen molar-refractivity contribution >= 4 is 93.7 Å². The van der Waals surface area contributed by atoms with Gasteiger partial charge in [0.25, 0.3) is 0 Å². The van der Waals surface area contributed by atoms with Crippen LogP contribution in [0.5, 0.6) is 0 Å². The second kappa shape index (κ2) is 11.5. The van der Waals surface area contributed by atoms with Crippen LogP contribution in [-0.2, 0) is 4.57 Å². The van der Waals surface area contributed by atoms with Crippen LogP contribution < -0.4 is 15.9 Å². The summed E-state index contributed by atoms with van der Waals surface area (Å²) in [5.74, 6) is 0. The van der Waals surface area contributed by atoms with E-state index in [1.54, 1.807) is 0 Å². The second-order valence-corrected chi connectivity index (χ2v) is 16.6. The second-order valence-electron chi connectivity index (χ2n) is 13.9. The van der Waals surface area contributed by atoms with Gasteiger partial charge in [-0.25, -0.2) is 4.98 Å². The average molecular weight is 695 g/mol. The van der Waals surface area contributed by atoms with Gasteiger partial charge in [0, 0.05) is 32.1 Å². The first-order valence-corrected chi connectivity index (χ1v) is 19.7. The lowest BCUT2D eigenvalue weighted by atomic mass is 9.93. The van der Waals surface area contributed by atoms with Crippen LogP contribution in [0, 0.1) is 0 Å². The Labute approximate surface area is 305 Å². The first kappa shape index (κ1) is 30.1. The highest BCUT2D eigenvalue weighted by Gasteiger charge is 2.30. The van der Waals surface area contributed by atoms with Gasteiger partial charge in [0.2, 0.25) is 0 Å². The molecular formula is C49H31N2OP. The predicted molar refractivity (Wildman–Crippen MR) is 225 cm³/mol. The summed E-state index contributed by atoms with van der Waals surface area (Å²) in [6.07, 6.45) is 0. The molecule has 0 saturated carbocycles. The summed E-state index contributed by atoms with van der Waals surface area (Å²) < 4.78 is 18.0. The fourth-order valence-corrected chi connectivity index (χ4v) is 11.2. The third-order valence-electron chi connectivity index (χ3n) is 11.0. The number of benzene rings is 9. The quantitative estimate of drug-likeness (QED) is 0.136. The highest BCUT2D eigenvalue weighted by molar-refractivity contribution is 7.85. The number of fused-ring (bicyclic) bond motifs is 13. The van der Waals surface area contributed by atoms with Crippen molar-refractivity contribution in [3.05, 3.63) is 188 Å². The molecule has 2 heterocycles. The minimum atomic E-state index is -3.23. The molecule has 0 amide bonds. The van der Waals surface area contributed by atoms with Crippen LogP contribution in [0.15, 0.2) is 188 Å². The molecular weight excluding hydrogens is 664 g/mol. The summed E-state index contributed by atoms with van der Waals surface area (Å²) in [7, 11) is -3.23. The van der Waals surface area contributed by atoms with E-state index >= 15 is 4.57 Å². The molecule has 0 aliphatic carbocycles. The molecule has 0 atom stereocenters. The highest BCUT2D eigenvalue weighted by Crippen LogP contribution is 2.45. The molecule has 0 spiro atoms. The SMILES string of the molecule is O=P(c1ccccc1)(c1ccccc1)c1ccc2c(c1)c1c3ccccc3ccc1c1nc3ccc(-c4cc5ccccc5c5ccccc45)cc3n21. The van der Waals surface area contributed by atoms with E-state index < -0.39 is 7.14 Å². The molecule has 9 aromatic carbocycles. The Hall–Kier alpha value is -6.54. The van der Waals surface area contributed by atoms with Gasteiger partial charge in [0.1, 0.15) is 5.65 Å². The summed E-state index contributed by atoms with van der Waals surface area (Å²) in [6, 6.07) is 65.5. The molecule has 2 aromatic heterocycles. The number of rotatable bonds is 4. The van der Waals surface area contributed by atoms with E-state index in [-0.39, 0.29) is 0 Å². The zero-order chi connectivity index (χ0) is 35.1. The van der Waals surface area contributed by atoms with E-state index in [1.807, 2.05) is 60.7 Å². The van der Waals surface area contributed by atoms with Gasteiger partial charge < -0.3 is 4.57 Å². The summed E-state index contributed by atoms with van der Waals surface area (Å²) in [5, 5.41) is 12.9. The maximum atomic E-state index is 15.7. The molecule has 11 rings (SSSR count). The standard InChI is InChI=1S/C49H31N2OP/c52-53(35-15-3-1-4-16-35,36-17-5-2-6-18-36)37-25-28-46-44(31-37)48-39-20-10-7-13-32(39)23-26-42(48)49-50-45-27-24-34(30-47(45)51(46)49)43-29-33-14-8-9-19-38(33)40-21-11-12-22-41(40)43/h1-31H. The summed E-state index contributed by atoms with van der Waals surface area (Å²) in [5.41, 5.74) is 6.25. The van der Waals surface area contributed by atoms with Crippen molar-refractivity contribution in [3.8, 4) is 11.1 Å². The third-order valence-corrected chi connectivity index (χ3v) is 14.1. The van der Waals surface area contributed by atoms with Gasteiger partial charge in [-0.1, -0.05) is 146 Å². The molecule has 4 heteroatoms. The van der Waals surface area contributed by atoms with Gasteiger partial charge in [-0.05, 0) is 85.9 Å². The van der Waals surface area contributed by atoms with Gasteiger partial charge in [0.15, 0.2) is 7.14 Å². The average Bonchev–Trinajstić information content (AvgIpc) is 3.62. The maximum absolute atomic E-state index is 15.7. The normalized spacial score (nSPS) is 12.2. The minimum Gasteiger partial charge on any atom is -0.309 e. The van der Waals surface area contributed by atoms with Crippen LogP contribution in [0.2, 0.25) is 0 Å². The Morgan fingerprint density at radius 3 is 1.81 bits per heavy atom. The lowest BCUT2D eigenvalue weighted by Gasteiger charge is -2.21. The molecule has 0 aliphatic rings. The Kier molecular flexibility index (Phi) is 6.53. The Bertz CT molecular complexity index is 3270. The van der Waals surface area contributed by atoms with Crippen LogP contribution in [0.3, 0.4) is 0 Å². The van der Waals surface area contributed by atoms with Gasteiger partial charge in [-0.15, -0.1) is 0 Å². The Morgan fingerprint density at radius 1 is 0.415 bits per heavy atom. The third kappa shape index (κ3) is 4.41. The van der Waals surface area contributed by atoms with E-state index in [4.69, 9.17) is 4.98 Å². The number of aromatic nitrogens is 2. The van der Waals surface area contributed by atoms with Crippen LogP contribution in [0.4, 0.5) is 0 Å². The fraction of sp³-hybridized carbons (Fsp3) is 0. The smallest absolute Gasteiger partial charge is 0.171 e. The van der Waals surface area contributed by atoms with Crippen molar-refractivity contribution < 1.29 is 4.57 Å². The van der Waals surface area contributed by atoms with E-state index in [0.29, 0.717) is 0 Å². The lowest BCUT2D eigenvalue weighted by molar-refractivity contribution is 0.592. The van der Waals surface area contributed by atoms with E-state index in [1.165, 1.54) is 27.1 Å². The van der Waals surface area contributed by atoms with E-state index in [2.05, 4.69) is 132 Å². The number of hydrogen-bond donors (Lipinski definition) is 0. The van der Waals surface area contributed by atoms with Crippen molar-refractivity contribution in [2.75, 3.05) is 0 Å². The maximum Gasteiger partial charge on any atom is 0.171 e. The first-order chi connectivity index (χ1) is 26.2. The molecule has 0 radical (unpaired) electrons. The van der Waals surface area contributed by atoms with Crippen molar-refractivity contribution in [2.24, 2.45) is 0 Å².